The minimum Gasteiger partial charge on any atom is -0.443 e. The average Bonchev–Trinajstić information content (AvgIpc) is 2.70. The van der Waals surface area contributed by atoms with Gasteiger partial charge < -0.3 is 4.74 Å². The molecule has 1 fully saturated rings. The van der Waals surface area contributed by atoms with Gasteiger partial charge in [-0.15, -0.1) is 0 Å². The molecule has 0 unspecified atom stereocenters. The lowest BCUT2D eigenvalue weighted by molar-refractivity contribution is -0.128. The Labute approximate surface area is 117 Å². The summed E-state index contributed by atoms with van der Waals surface area (Å²) in [6, 6.07) is 5.46. The van der Waals surface area contributed by atoms with Crippen LogP contribution >= 0.6 is 0 Å². The van der Waals surface area contributed by atoms with Crippen LogP contribution in [0.5, 0.6) is 0 Å². The number of hydrogen-bond acceptors (Lipinski definition) is 3. The fourth-order valence-electron chi connectivity index (χ4n) is 2.22. The van der Waals surface area contributed by atoms with Gasteiger partial charge in [-0.3, -0.25) is 4.79 Å². The first-order valence-electron chi connectivity index (χ1n) is 6.58. The summed E-state index contributed by atoms with van der Waals surface area (Å²) in [5.41, 5.74) is 0.0796. The molecule has 5 heteroatoms. The quantitative estimate of drug-likeness (QED) is 0.791. The molecular weight excluding hydrogens is 261 g/mol. The molecule has 108 valence electrons. The number of nitrogens with zero attached hydrogens (tertiary/aromatic N) is 1. The Morgan fingerprint density at radius 2 is 1.90 bits per heavy atom. The highest BCUT2D eigenvalue weighted by molar-refractivity contribution is 5.94. The van der Waals surface area contributed by atoms with E-state index in [9.17, 15) is 14.0 Å². The molecule has 1 heterocycles. The van der Waals surface area contributed by atoms with Gasteiger partial charge in [0, 0.05) is 6.42 Å². The fraction of sp³-hybridized carbons (Fsp3) is 0.467. The van der Waals surface area contributed by atoms with Crippen LogP contribution in [0.15, 0.2) is 24.3 Å². The zero-order valence-electron chi connectivity index (χ0n) is 11.9. The first-order chi connectivity index (χ1) is 9.28. The third-order valence-corrected chi connectivity index (χ3v) is 3.06. The van der Waals surface area contributed by atoms with Crippen LogP contribution in [0.3, 0.4) is 0 Å². The van der Waals surface area contributed by atoms with Crippen molar-refractivity contribution in [1.29, 1.82) is 0 Å². The Balaban J connectivity index is 2.22. The van der Waals surface area contributed by atoms with Gasteiger partial charge in [-0.05, 0) is 44.9 Å². The first-order valence-corrected chi connectivity index (χ1v) is 6.58. The standard InChI is InChI=1S/C15H18FNO3/c1-15(2,3)20-14(19)17-12(8-9-13(17)18)10-4-6-11(16)7-5-10/h4-7,12H,8-9H2,1-3H3/t12-/m1/s1. The fourth-order valence-corrected chi connectivity index (χ4v) is 2.22. The molecule has 0 spiro atoms. The third kappa shape index (κ3) is 3.15. The first kappa shape index (κ1) is 14.5. The van der Waals surface area contributed by atoms with Crippen LogP contribution in [-0.4, -0.2) is 22.5 Å². The summed E-state index contributed by atoms with van der Waals surface area (Å²) in [4.78, 5) is 25.2. The summed E-state index contributed by atoms with van der Waals surface area (Å²) in [5, 5.41) is 0. The molecule has 1 aromatic carbocycles. The van der Waals surface area contributed by atoms with E-state index in [1.165, 1.54) is 12.1 Å². The Kier molecular flexibility index (Phi) is 3.79. The van der Waals surface area contributed by atoms with Gasteiger partial charge in [0.15, 0.2) is 0 Å². The maximum absolute atomic E-state index is 13.0. The minimum atomic E-state index is -0.659. The van der Waals surface area contributed by atoms with Crippen molar-refractivity contribution < 1.29 is 18.7 Å². The summed E-state index contributed by atoms with van der Waals surface area (Å²) < 4.78 is 18.2. The number of carbonyl (C=O) groups excluding carboxylic acids is 2. The van der Waals surface area contributed by atoms with Gasteiger partial charge in [-0.2, -0.15) is 0 Å². The number of halogens is 1. The summed E-state index contributed by atoms with van der Waals surface area (Å²) in [7, 11) is 0. The molecular formula is C15H18FNO3. The maximum atomic E-state index is 13.0. The van der Waals surface area contributed by atoms with Crippen LogP contribution in [-0.2, 0) is 9.53 Å². The molecule has 0 saturated carbocycles. The number of hydrogen-bond donors (Lipinski definition) is 0. The van der Waals surface area contributed by atoms with E-state index in [1.807, 2.05) is 0 Å². The molecule has 1 aromatic rings. The van der Waals surface area contributed by atoms with Crippen molar-refractivity contribution in [1.82, 2.24) is 4.90 Å². The van der Waals surface area contributed by atoms with Gasteiger partial charge in [-0.25, -0.2) is 14.1 Å². The molecule has 0 bridgehead atoms. The molecule has 0 radical (unpaired) electrons. The van der Waals surface area contributed by atoms with Crippen molar-refractivity contribution in [3.63, 3.8) is 0 Å². The molecule has 1 saturated heterocycles. The second-order valence-electron chi connectivity index (χ2n) is 5.85. The highest BCUT2D eigenvalue weighted by atomic mass is 19.1. The summed E-state index contributed by atoms with van der Waals surface area (Å²) in [6.07, 6.45) is 0.180. The number of likely N-dealkylation sites (tertiary alicyclic amines) is 1. The SMILES string of the molecule is CC(C)(C)OC(=O)N1C(=O)CC[C@@H]1c1ccc(F)cc1. The number of benzene rings is 1. The van der Waals surface area contributed by atoms with Gasteiger partial charge in [0.05, 0.1) is 6.04 Å². The van der Waals surface area contributed by atoms with Gasteiger partial charge in [0.1, 0.15) is 11.4 Å². The molecule has 1 aliphatic heterocycles. The van der Waals surface area contributed by atoms with E-state index < -0.39 is 11.7 Å². The van der Waals surface area contributed by atoms with E-state index in [0.717, 1.165) is 10.5 Å². The molecule has 2 amide bonds. The monoisotopic (exact) mass is 279 g/mol. The van der Waals surface area contributed by atoms with Crippen LogP contribution in [0.1, 0.15) is 45.2 Å². The molecule has 0 aromatic heterocycles. The van der Waals surface area contributed by atoms with Crippen LogP contribution < -0.4 is 0 Å². The van der Waals surface area contributed by atoms with E-state index in [0.29, 0.717) is 12.8 Å². The van der Waals surface area contributed by atoms with Gasteiger partial charge >= 0.3 is 6.09 Å². The highest BCUT2D eigenvalue weighted by Gasteiger charge is 2.39. The second kappa shape index (κ2) is 5.23. The number of amides is 2. The lowest BCUT2D eigenvalue weighted by Crippen LogP contribution is -2.38. The Morgan fingerprint density at radius 3 is 2.45 bits per heavy atom. The molecule has 4 nitrogen and oxygen atoms in total. The number of ether oxygens (including phenoxy) is 1. The van der Waals surface area contributed by atoms with E-state index in [2.05, 4.69) is 0 Å². The zero-order valence-corrected chi connectivity index (χ0v) is 11.9. The van der Waals surface area contributed by atoms with Gasteiger partial charge in [0.25, 0.3) is 0 Å². The molecule has 1 atom stereocenters. The van der Waals surface area contributed by atoms with Crippen molar-refractivity contribution in [2.45, 2.75) is 45.3 Å². The minimum absolute atomic E-state index is 0.256. The van der Waals surface area contributed by atoms with Crippen molar-refractivity contribution in [2.75, 3.05) is 0 Å². The largest absolute Gasteiger partial charge is 0.443 e. The van der Waals surface area contributed by atoms with Gasteiger partial charge in [-0.1, -0.05) is 12.1 Å². The van der Waals surface area contributed by atoms with Crippen molar-refractivity contribution in [3.05, 3.63) is 35.6 Å². The molecule has 20 heavy (non-hydrogen) atoms. The van der Waals surface area contributed by atoms with E-state index >= 15 is 0 Å². The Morgan fingerprint density at radius 1 is 1.30 bits per heavy atom. The summed E-state index contributed by atoms with van der Waals surface area (Å²) >= 11 is 0. The highest BCUT2D eigenvalue weighted by Crippen LogP contribution is 2.34. The molecule has 0 N–H and O–H groups in total. The Hall–Kier alpha value is -1.91. The Bertz CT molecular complexity index is 519. The van der Waals surface area contributed by atoms with Crippen molar-refractivity contribution in [3.8, 4) is 0 Å². The number of imide groups is 1. The normalized spacial score (nSPS) is 19.3. The van der Waals surface area contributed by atoms with Crippen LogP contribution in [0.2, 0.25) is 0 Å². The van der Waals surface area contributed by atoms with Crippen LogP contribution in [0.25, 0.3) is 0 Å². The zero-order chi connectivity index (χ0) is 14.9. The number of carbonyl (C=O) groups is 2. The van der Waals surface area contributed by atoms with Gasteiger partial charge in [0.2, 0.25) is 5.91 Å². The maximum Gasteiger partial charge on any atom is 0.417 e. The number of rotatable bonds is 1. The van der Waals surface area contributed by atoms with Crippen LogP contribution in [0, 0.1) is 5.82 Å². The van der Waals surface area contributed by atoms with E-state index in [1.54, 1.807) is 32.9 Å². The van der Waals surface area contributed by atoms with Crippen LogP contribution in [0.4, 0.5) is 9.18 Å². The van der Waals surface area contributed by atoms with E-state index in [-0.39, 0.29) is 17.8 Å². The summed E-state index contributed by atoms with van der Waals surface area (Å²) in [6.45, 7) is 5.25. The lowest BCUT2D eigenvalue weighted by Gasteiger charge is -2.27. The predicted molar refractivity (Wildman–Crippen MR) is 71.5 cm³/mol. The topological polar surface area (TPSA) is 46.6 Å². The third-order valence-electron chi connectivity index (χ3n) is 3.06. The molecule has 0 aliphatic carbocycles. The lowest BCUT2D eigenvalue weighted by atomic mass is 10.0. The van der Waals surface area contributed by atoms with Crippen molar-refractivity contribution in [2.24, 2.45) is 0 Å². The van der Waals surface area contributed by atoms with E-state index in [4.69, 9.17) is 4.74 Å². The molecule has 1 aliphatic rings. The van der Waals surface area contributed by atoms with Crippen molar-refractivity contribution >= 4 is 12.0 Å². The molecule has 2 rings (SSSR count). The second-order valence-corrected chi connectivity index (χ2v) is 5.85. The smallest absolute Gasteiger partial charge is 0.417 e. The average molecular weight is 279 g/mol. The summed E-state index contributed by atoms with van der Waals surface area (Å²) in [5.74, 6) is -0.601. The predicted octanol–water partition coefficient (Wildman–Crippen LogP) is 3.42.